The third kappa shape index (κ3) is 4.56. The van der Waals surface area contributed by atoms with Gasteiger partial charge in [-0.2, -0.15) is 0 Å². The first kappa shape index (κ1) is 19.4. The zero-order valence-corrected chi connectivity index (χ0v) is 15.3. The minimum absolute atomic E-state index is 0.0275. The number of carbonyl (C=O) groups excluding carboxylic acids is 3. The highest BCUT2D eigenvalue weighted by atomic mass is 16.5. The monoisotopic (exact) mass is 358 g/mol. The van der Waals surface area contributed by atoms with Crippen LogP contribution in [0.15, 0.2) is 28.8 Å². The van der Waals surface area contributed by atoms with E-state index in [9.17, 15) is 14.4 Å². The number of benzene rings is 1. The number of amides is 1. The first-order valence-corrected chi connectivity index (χ1v) is 8.39. The number of ketones is 1. The SMILES string of the molecule is CCC(=O)Nc1ccc(C(=O)COC(=O)c2c(C)noc2C(C)C)cc1. The molecule has 7 heteroatoms. The van der Waals surface area contributed by atoms with Gasteiger partial charge in [0.05, 0.1) is 5.69 Å². The molecule has 2 aromatic rings. The summed E-state index contributed by atoms with van der Waals surface area (Å²) in [6, 6.07) is 6.41. The molecule has 0 bridgehead atoms. The topological polar surface area (TPSA) is 98.5 Å². The standard InChI is InChI=1S/C19H22N2O5/c1-5-16(23)20-14-8-6-13(7-9-14)15(22)10-25-19(24)17-12(4)21-26-18(17)11(2)3/h6-9,11H,5,10H2,1-4H3,(H,20,23). The molecule has 2 rings (SSSR count). The van der Waals surface area contributed by atoms with E-state index in [4.69, 9.17) is 9.26 Å². The summed E-state index contributed by atoms with van der Waals surface area (Å²) < 4.78 is 10.3. The Morgan fingerprint density at radius 2 is 1.85 bits per heavy atom. The lowest BCUT2D eigenvalue weighted by molar-refractivity contribution is -0.115. The number of hydrogen-bond donors (Lipinski definition) is 1. The van der Waals surface area contributed by atoms with Gasteiger partial charge in [-0.3, -0.25) is 9.59 Å². The van der Waals surface area contributed by atoms with Crippen LogP contribution in [0.3, 0.4) is 0 Å². The van der Waals surface area contributed by atoms with Gasteiger partial charge in [0.1, 0.15) is 5.56 Å². The summed E-state index contributed by atoms with van der Waals surface area (Å²) in [7, 11) is 0. The van der Waals surface area contributed by atoms with E-state index in [1.807, 2.05) is 13.8 Å². The number of aryl methyl sites for hydroxylation is 1. The predicted octanol–water partition coefficient (Wildman–Crippen LogP) is 3.49. The van der Waals surface area contributed by atoms with Crippen LogP contribution in [0.2, 0.25) is 0 Å². The molecule has 0 atom stereocenters. The summed E-state index contributed by atoms with van der Waals surface area (Å²) in [6.07, 6.45) is 0.372. The summed E-state index contributed by atoms with van der Waals surface area (Å²) in [4.78, 5) is 35.8. The molecule has 1 heterocycles. The van der Waals surface area contributed by atoms with E-state index in [0.717, 1.165) is 0 Å². The Morgan fingerprint density at radius 1 is 1.19 bits per heavy atom. The quantitative estimate of drug-likeness (QED) is 0.601. The van der Waals surface area contributed by atoms with Gasteiger partial charge in [0.2, 0.25) is 5.91 Å². The maximum atomic E-state index is 12.3. The van der Waals surface area contributed by atoms with Crippen LogP contribution in [0.25, 0.3) is 0 Å². The molecule has 138 valence electrons. The average molecular weight is 358 g/mol. The largest absolute Gasteiger partial charge is 0.454 e. The molecule has 0 aliphatic carbocycles. The Morgan fingerprint density at radius 3 is 2.42 bits per heavy atom. The number of Topliss-reactive ketones (excluding diaryl/α,β-unsaturated/α-hetero) is 1. The lowest BCUT2D eigenvalue weighted by Gasteiger charge is -2.07. The van der Waals surface area contributed by atoms with Gasteiger partial charge >= 0.3 is 5.97 Å². The van der Waals surface area contributed by atoms with Crippen LogP contribution in [0.5, 0.6) is 0 Å². The first-order valence-electron chi connectivity index (χ1n) is 8.39. The molecular formula is C19H22N2O5. The molecule has 0 unspecified atom stereocenters. The number of hydrogen-bond acceptors (Lipinski definition) is 6. The van der Waals surface area contributed by atoms with Crippen molar-refractivity contribution in [3.05, 3.63) is 46.8 Å². The Kier molecular flexibility index (Phi) is 6.27. The molecule has 0 aliphatic rings. The van der Waals surface area contributed by atoms with Gasteiger partial charge in [-0.05, 0) is 31.2 Å². The summed E-state index contributed by atoms with van der Waals surface area (Å²) in [5, 5.41) is 6.49. The second kappa shape index (κ2) is 8.42. The molecule has 7 nitrogen and oxygen atoms in total. The van der Waals surface area contributed by atoms with Gasteiger partial charge in [0.25, 0.3) is 0 Å². The summed E-state index contributed by atoms with van der Waals surface area (Å²) >= 11 is 0. The number of aromatic nitrogens is 1. The Labute approximate surface area is 151 Å². The molecule has 0 spiro atoms. The van der Waals surface area contributed by atoms with Crippen LogP contribution in [0, 0.1) is 6.92 Å². The van der Waals surface area contributed by atoms with Crippen molar-refractivity contribution >= 4 is 23.3 Å². The van der Waals surface area contributed by atoms with Gasteiger partial charge in [-0.15, -0.1) is 0 Å². The van der Waals surface area contributed by atoms with Crippen molar-refractivity contribution < 1.29 is 23.6 Å². The molecule has 26 heavy (non-hydrogen) atoms. The Bertz CT molecular complexity index is 806. The average Bonchev–Trinajstić information content (AvgIpc) is 3.01. The van der Waals surface area contributed by atoms with Gasteiger partial charge < -0.3 is 14.6 Å². The fourth-order valence-corrected chi connectivity index (χ4v) is 2.31. The molecule has 0 saturated carbocycles. The Balaban J connectivity index is 1.99. The van der Waals surface area contributed by atoms with E-state index in [1.54, 1.807) is 38.1 Å². The number of carbonyl (C=O) groups is 3. The van der Waals surface area contributed by atoms with Crippen molar-refractivity contribution in [1.29, 1.82) is 0 Å². The lowest BCUT2D eigenvalue weighted by atomic mass is 10.1. The second-order valence-corrected chi connectivity index (χ2v) is 6.14. The minimum Gasteiger partial charge on any atom is -0.454 e. The molecular weight excluding hydrogens is 336 g/mol. The van der Waals surface area contributed by atoms with Crippen molar-refractivity contribution in [2.24, 2.45) is 0 Å². The fraction of sp³-hybridized carbons (Fsp3) is 0.368. The van der Waals surface area contributed by atoms with Gasteiger partial charge in [-0.25, -0.2) is 4.79 Å². The highest BCUT2D eigenvalue weighted by molar-refractivity contribution is 6.00. The van der Waals surface area contributed by atoms with Crippen LogP contribution in [-0.2, 0) is 9.53 Å². The van der Waals surface area contributed by atoms with E-state index in [1.165, 1.54) is 0 Å². The van der Waals surface area contributed by atoms with Crippen molar-refractivity contribution in [2.75, 3.05) is 11.9 Å². The Hall–Kier alpha value is -2.96. The smallest absolute Gasteiger partial charge is 0.344 e. The maximum Gasteiger partial charge on any atom is 0.344 e. The van der Waals surface area contributed by atoms with E-state index in [-0.39, 0.29) is 29.8 Å². The zero-order valence-electron chi connectivity index (χ0n) is 15.3. The van der Waals surface area contributed by atoms with Crippen LogP contribution in [0.4, 0.5) is 5.69 Å². The minimum atomic E-state index is -0.632. The van der Waals surface area contributed by atoms with E-state index >= 15 is 0 Å². The molecule has 0 aliphatic heterocycles. The lowest BCUT2D eigenvalue weighted by Crippen LogP contribution is -2.16. The highest BCUT2D eigenvalue weighted by Crippen LogP contribution is 2.23. The number of rotatable bonds is 7. The van der Waals surface area contributed by atoms with Crippen molar-refractivity contribution in [2.45, 2.75) is 40.0 Å². The number of nitrogens with zero attached hydrogens (tertiary/aromatic N) is 1. The van der Waals surface area contributed by atoms with Crippen LogP contribution >= 0.6 is 0 Å². The zero-order chi connectivity index (χ0) is 19.3. The maximum absolute atomic E-state index is 12.3. The van der Waals surface area contributed by atoms with E-state index in [0.29, 0.717) is 29.1 Å². The predicted molar refractivity (Wildman–Crippen MR) is 95.3 cm³/mol. The summed E-state index contributed by atoms with van der Waals surface area (Å²) in [6.45, 7) is 6.77. The number of nitrogens with one attached hydrogen (secondary N) is 1. The van der Waals surface area contributed by atoms with Crippen molar-refractivity contribution in [1.82, 2.24) is 5.16 Å². The summed E-state index contributed by atoms with van der Waals surface area (Å²) in [5.74, 6) is -0.668. The molecule has 1 aromatic heterocycles. The fourth-order valence-electron chi connectivity index (χ4n) is 2.31. The highest BCUT2D eigenvalue weighted by Gasteiger charge is 2.24. The van der Waals surface area contributed by atoms with Gasteiger partial charge in [-0.1, -0.05) is 25.9 Å². The summed E-state index contributed by atoms with van der Waals surface area (Å²) in [5.41, 5.74) is 1.69. The third-order valence-corrected chi connectivity index (χ3v) is 3.76. The normalized spacial score (nSPS) is 10.7. The number of esters is 1. The van der Waals surface area contributed by atoms with Crippen LogP contribution in [0.1, 0.15) is 65.3 Å². The molecule has 0 fully saturated rings. The number of ether oxygens (including phenoxy) is 1. The molecule has 0 radical (unpaired) electrons. The molecule has 0 saturated heterocycles. The van der Waals surface area contributed by atoms with E-state index in [2.05, 4.69) is 10.5 Å². The molecule has 1 N–H and O–H groups in total. The van der Waals surface area contributed by atoms with Crippen LogP contribution < -0.4 is 5.32 Å². The van der Waals surface area contributed by atoms with Crippen molar-refractivity contribution in [3.63, 3.8) is 0 Å². The van der Waals surface area contributed by atoms with Gasteiger partial charge in [0, 0.05) is 23.6 Å². The second-order valence-electron chi connectivity index (χ2n) is 6.14. The number of anilines is 1. The van der Waals surface area contributed by atoms with Crippen molar-refractivity contribution in [3.8, 4) is 0 Å². The van der Waals surface area contributed by atoms with Gasteiger partial charge in [0.15, 0.2) is 18.2 Å². The third-order valence-electron chi connectivity index (χ3n) is 3.76. The first-order chi connectivity index (χ1) is 12.3. The molecule has 1 amide bonds. The molecule has 1 aromatic carbocycles. The van der Waals surface area contributed by atoms with Crippen LogP contribution in [-0.4, -0.2) is 29.4 Å². The van der Waals surface area contributed by atoms with E-state index < -0.39 is 5.97 Å².